The largest absolute Gasteiger partial charge is 0.497 e. The molecule has 0 bridgehead atoms. The number of hydrogen-bond donors (Lipinski definition) is 0. The number of hydrogen-bond acceptors (Lipinski definition) is 4. The molecule has 8 heteroatoms. The first-order chi connectivity index (χ1) is 24.0. The third kappa shape index (κ3) is 4.71. The third-order valence-electron chi connectivity index (χ3n) is 10.9. The summed E-state index contributed by atoms with van der Waals surface area (Å²) in [7, 11) is 4.74. The van der Waals surface area contributed by atoms with Gasteiger partial charge in [-0.25, -0.2) is 4.39 Å². The van der Waals surface area contributed by atoms with E-state index in [4.69, 9.17) is 18.9 Å². The maximum Gasteiger partial charge on any atom is 0.416 e. The molecule has 1 fully saturated rings. The second-order valence-corrected chi connectivity index (χ2v) is 13.7. The number of ether oxygens (including phenoxy) is 4. The molecular formula is C42H36F4O4. The van der Waals surface area contributed by atoms with Crippen LogP contribution in [0.1, 0.15) is 66.0 Å². The number of benzene rings is 5. The first kappa shape index (κ1) is 32.2. The molecule has 3 atom stereocenters. The molecule has 0 radical (unpaired) electrons. The Hall–Kier alpha value is -4.98. The zero-order chi connectivity index (χ0) is 35.0. The van der Waals surface area contributed by atoms with Crippen molar-refractivity contribution in [2.75, 3.05) is 21.3 Å². The van der Waals surface area contributed by atoms with E-state index in [-0.39, 0.29) is 5.82 Å². The highest BCUT2D eigenvalue weighted by Gasteiger charge is 2.51. The van der Waals surface area contributed by atoms with Crippen molar-refractivity contribution in [1.29, 1.82) is 0 Å². The van der Waals surface area contributed by atoms with Crippen molar-refractivity contribution >= 4 is 16.8 Å². The normalized spacial score (nSPS) is 22.1. The molecule has 1 saturated carbocycles. The van der Waals surface area contributed by atoms with Gasteiger partial charge in [-0.1, -0.05) is 56.2 Å². The van der Waals surface area contributed by atoms with Crippen molar-refractivity contribution in [1.82, 2.24) is 0 Å². The molecular weight excluding hydrogens is 644 g/mol. The minimum absolute atomic E-state index is 0.292. The Balaban J connectivity index is 1.48. The summed E-state index contributed by atoms with van der Waals surface area (Å²) in [6.45, 7) is 2.18. The van der Waals surface area contributed by atoms with Crippen LogP contribution in [0.5, 0.6) is 23.0 Å². The standard InChI is InChI=1S/C42H36F4O4/c1-24-6-5-18-40(23-24)34-20-27(42(44,45)46)11-16-30(34)37-32-21-35(48-3)36(49-4)22-33(32)39-31(38(37)40)17-19-41(50-39,25-7-12-28(43)13-8-25)26-9-14-29(47-2)15-10-26/h7-17,19-22,24H,5-6,18,23H2,1-4H3. The highest BCUT2D eigenvalue weighted by Crippen LogP contribution is 2.63. The molecule has 0 saturated heterocycles. The monoisotopic (exact) mass is 680 g/mol. The van der Waals surface area contributed by atoms with Gasteiger partial charge in [0, 0.05) is 27.5 Å². The van der Waals surface area contributed by atoms with Crippen LogP contribution < -0.4 is 18.9 Å². The van der Waals surface area contributed by atoms with Gasteiger partial charge in [0.2, 0.25) is 0 Å². The van der Waals surface area contributed by atoms with Crippen LogP contribution in [0.3, 0.4) is 0 Å². The van der Waals surface area contributed by atoms with Crippen molar-refractivity contribution in [2.24, 2.45) is 5.92 Å². The van der Waals surface area contributed by atoms with Gasteiger partial charge in [0.25, 0.3) is 0 Å². The Morgan fingerprint density at radius 1 is 0.800 bits per heavy atom. The number of methoxy groups -OCH3 is 3. The molecule has 0 aromatic heterocycles. The summed E-state index contributed by atoms with van der Waals surface area (Å²) >= 11 is 0. The van der Waals surface area contributed by atoms with Gasteiger partial charge in [-0.3, -0.25) is 0 Å². The van der Waals surface area contributed by atoms with E-state index in [0.717, 1.165) is 51.4 Å². The minimum atomic E-state index is -4.49. The summed E-state index contributed by atoms with van der Waals surface area (Å²) in [5, 5.41) is 1.53. The lowest BCUT2D eigenvalue weighted by molar-refractivity contribution is -0.137. The number of fused-ring (bicyclic) bond motifs is 10. The third-order valence-corrected chi connectivity index (χ3v) is 10.9. The fourth-order valence-electron chi connectivity index (χ4n) is 8.75. The maximum atomic E-state index is 14.3. The average molecular weight is 681 g/mol. The van der Waals surface area contributed by atoms with Crippen LogP contribution in [0.25, 0.3) is 28.0 Å². The zero-order valence-corrected chi connectivity index (χ0v) is 28.2. The van der Waals surface area contributed by atoms with Gasteiger partial charge in [0.15, 0.2) is 17.1 Å². The van der Waals surface area contributed by atoms with Gasteiger partial charge >= 0.3 is 6.18 Å². The molecule has 1 heterocycles. The first-order valence-electron chi connectivity index (χ1n) is 16.8. The Labute approximate surface area is 288 Å². The summed E-state index contributed by atoms with van der Waals surface area (Å²) in [6, 6.07) is 21.8. The molecule has 5 aromatic rings. The van der Waals surface area contributed by atoms with Crippen molar-refractivity contribution in [3.05, 3.63) is 124 Å². The van der Waals surface area contributed by atoms with Crippen LogP contribution in [0.4, 0.5) is 17.6 Å². The average Bonchev–Trinajstić information content (AvgIpc) is 3.39. The smallest absolute Gasteiger partial charge is 0.416 e. The molecule has 8 rings (SSSR count). The van der Waals surface area contributed by atoms with Gasteiger partial charge in [-0.05, 0) is 101 Å². The summed E-state index contributed by atoms with van der Waals surface area (Å²) in [6.07, 6.45) is 2.85. The van der Waals surface area contributed by atoms with Gasteiger partial charge in [-0.15, -0.1) is 0 Å². The van der Waals surface area contributed by atoms with Crippen molar-refractivity contribution in [3.63, 3.8) is 0 Å². The fourth-order valence-corrected chi connectivity index (χ4v) is 8.75. The molecule has 0 amide bonds. The second kappa shape index (κ2) is 11.5. The summed E-state index contributed by atoms with van der Waals surface area (Å²) in [4.78, 5) is 0. The van der Waals surface area contributed by atoms with Crippen LogP contribution in [0.2, 0.25) is 0 Å². The summed E-state index contributed by atoms with van der Waals surface area (Å²) in [5.74, 6) is 2.16. The molecule has 3 aliphatic rings. The van der Waals surface area contributed by atoms with E-state index in [9.17, 15) is 17.6 Å². The molecule has 2 aliphatic carbocycles. The van der Waals surface area contributed by atoms with E-state index in [2.05, 4.69) is 13.0 Å². The highest BCUT2D eigenvalue weighted by atomic mass is 19.4. The van der Waals surface area contributed by atoms with Gasteiger partial charge in [0.1, 0.15) is 17.3 Å². The van der Waals surface area contributed by atoms with Crippen LogP contribution in [0.15, 0.2) is 84.9 Å². The fraction of sp³-hybridized carbons (Fsp3) is 0.286. The molecule has 50 heavy (non-hydrogen) atoms. The number of halogens is 4. The molecule has 5 aromatic carbocycles. The first-order valence-corrected chi connectivity index (χ1v) is 16.8. The Morgan fingerprint density at radius 2 is 1.46 bits per heavy atom. The van der Waals surface area contributed by atoms with Crippen LogP contribution in [-0.2, 0) is 17.2 Å². The van der Waals surface area contributed by atoms with E-state index in [1.165, 1.54) is 24.3 Å². The molecule has 3 unspecified atom stereocenters. The van der Waals surface area contributed by atoms with E-state index < -0.39 is 22.8 Å². The summed E-state index contributed by atoms with van der Waals surface area (Å²) < 4.78 is 81.6. The lowest BCUT2D eigenvalue weighted by Gasteiger charge is -2.42. The predicted octanol–water partition coefficient (Wildman–Crippen LogP) is 10.8. The highest BCUT2D eigenvalue weighted by molar-refractivity contribution is 6.09. The van der Waals surface area contributed by atoms with Crippen LogP contribution in [0, 0.1) is 11.7 Å². The zero-order valence-electron chi connectivity index (χ0n) is 28.2. The van der Waals surface area contributed by atoms with Crippen molar-refractivity contribution in [2.45, 2.75) is 49.8 Å². The van der Waals surface area contributed by atoms with E-state index in [1.807, 2.05) is 42.5 Å². The Morgan fingerprint density at radius 3 is 2.08 bits per heavy atom. The molecule has 256 valence electrons. The quantitative estimate of drug-likeness (QED) is 0.173. The van der Waals surface area contributed by atoms with Crippen LogP contribution >= 0.6 is 0 Å². The SMILES string of the molecule is COc1ccc(C2(c3ccc(F)cc3)C=Cc3c4c(c5cc(OC)c(OC)cc5c3O2)-c2ccc(C(F)(F)F)cc2C42CCCC(C)C2)cc1. The second-order valence-electron chi connectivity index (χ2n) is 13.7. The molecule has 4 nitrogen and oxygen atoms in total. The number of rotatable bonds is 5. The van der Waals surface area contributed by atoms with Gasteiger partial charge in [0.05, 0.1) is 26.9 Å². The topological polar surface area (TPSA) is 36.9 Å². The van der Waals surface area contributed by atoms with E-state index >= 15 is 0 Å². The van der Waals surface area contributed by atoms with Crippen molar-refractivity contribution in [3.8, 4) is 34.1 Å². The lowest BCUT2D eigenvalue weighted by atomic mass is 9.63. The summed E-state index contributed by atoms with van der Waals surface area (Å²) in [5.41, 5.74) is 3.20. The Bertz CT molecular complexity index is 2170. The van der Waals surface area contributed by atoms with Crippen LogP contribution in [-0.4, -0.2) is 21.3 Å². The minimum Gasteiger partial charge on any atom is -0.497 e. The number of alkyl halides is 3. The van der Waals surface area contributed by atoms with E-state index in [1.54, 1.807) is 39.5 Å². The van der Waals surface area contributed by atoms with Gasteiger partial charge < -0.3 is 18.9 Å². The van der Waals surface area contributed by atoms with Crippen molar-refractivity contribution < 1.29 is 36.5 Å². The van der Waals surface area contributed by atoms with Gasteiger partial charge in [-0.2, -0.15) is 13.2 Å². The van der Waals surface area contributed by atoms with E-state index in [0.29, 0.717) is 52.9 Å². The lowest BCUT2D eigenvalue weighted by Crippen LogP contribution is -2.36. The maximum absolute atomic E-state index is 14.3. The Kier molecular flexibility index (Phi) is 7.44. The molecule has 1 spiro atoms. The molecule has 0 N–H and O–H groups in total. The molecule has 1 aliphatic heterocycles. The predicted molar refractivity (Wildman–Crippen MR) is 186 cm³/mol.